The number of likely N-dealkylation sites (tertiary alicyclic amines) is 1. The maximum atomic E-state index is 11.1. The molecule has 2 rings (SSSR count). The van der Waals surface area contributed by atoms with E-state index in [0.29, 0.717) is 17.4 Å². The first-order valence-electron chi connectivity index (χ1n) is 8.99. The number of hydrogen-bond acceptors (Lipinski definition) is 3. The topological polar surface area (TPSA) is 52.6 Å². The predicted octanol–water partition coefficient (Wildman–Crippen LogP) is 2.98. The van der Waals surface area contributed by atoms with Crippen molar-refractivity contribution in [2.24, 2.45) is 17.3 Å². The lowest BCUT2D eigenvalue weighted by atomic mass is 9.80. The lowest BCUT2D eigenvalue weighted by molar-refractivity contribution is -0.138. The molecule has 22 heavy (non-hydrogen) atoms. The minimum atomic E-state index is -0.703. The largest absolute Gasteiger partial charge is 0.480 e. The van der Waals surface area contributed by atoms with Crippen molar-refractivity contribution in [3.8, 4) is 0 Å². The van der Waals surface area contributed by atoms with Crippen LogP contribution in [0.3, 0.4) is 0 Å². The molecule has 0 aromatic rings. The van der Waals surface area contributed by atoms with Crippen molar-refractivity contribution in [3.05, 3.63) is 0 Å². The number of carbonyl (C=O) groups is 1. The van der Waals surface area contributed by atoms with E-state index in [1.165, 1.54) is 38.5 Å². The quantitative estimate of drug-likeness (QED) is 0.792. The fourth-order valence-corrected chi connectivity index (χ4v) is 4.33. The van der Waals surface area contributed by atoms with Gasteiger partial charge in [-0.05, 0) is 49.5 Å². The summed E-state index contributed by atoms with van der Waals surface area (Å²) in [6, 6.07) is 0.459. The molecule has 0 aromatic carbocycles. The van der Waals surface area contributed by atoms with Gasteiger partial charge >= 0.3 is 5.97 Å². The lowest BCUT2D eigenvalue weighted by Crippen LogP contribution is -2.51. The first kappa shape index (κ1) is 17.7. The highest BCUT2D eigenvalue weighted by Gasteiger charge is 2.31. The summed E-state index contributed by atoms with van der Waals surface area (Å²) in [4.78, 5) is 13.2. The van der Waals surface area contributed by atoms with Crippen LogP contribution >= 0.6 is 0 Å². The van der Waals surface area contributed by atoms with Crippen LogP contribution in [0.5, 0.6) is 0 Å². The molecule has 4 nitrogen and oxygen atoms in total. The Balaban J connectivity index is 1.87. The van der Waals surface area contributed by atoms with Gasteiger partial charge in [0, 0.05) is 19.1 Å². The molecule has 0 spiro atoms. The van der Waals surface area contributed by atoms with E-state index in [1.54, 1.807) is 0 Å². The second-order valence-electron chi connectivity index (χ2n) is 8.71. The van der Waals surface area contributed by atoms with E-state index in [1.807, 2.05) is 0 Å². The summed E-state index contributed by atoms with van der Waals surface area (Å²) in [7, 11) is 0. The van der Waals surface area contributed by atoms with Gasteiger partial charge < -0.3 is 10.4 Å². The van der Waals surface area contributed by atoms with E-state index in [9.17, 15) is 4.79 Å². The van der Waals surface area contributed by atoms with Crippen molar-refractivity contribution in [2.75, 3.05) is 26.2 Å². The zero-order chi connectivity index (χ0) is 16.2. The molecule has 1 aliphatic carbocycles. The average molecular weight is 310 g/mol. The van der Waals surface area contributed by atoms with Gasteiger partial charge in [-0.25, -0.2) is 0 Å². The minimum Gasteiger partial charge on any atom is -0.480 e. The minimum absolute atomic E-state index is 0.183. The van der Waals surface area contributed by atoms with E-state index in [-0.39, 0.29) is 6.54 Å². The van der Waals surface area contributed by atoms with Crippen LogP contribution in [0.15, 0.2) is 0 Å². The molecule has 2 unspecified atom stereocenters. The highest BCUT2D eigenvalue weighted by Crippen LogP contribution is 2.30. The molecule has 2 aliphatic rings. The number of hydrogen-bond donors (Lipinski definition) is 2. The van der Waals surface area contributed by atoms with Crippen molar-refractivity contribution >= 4 is 5.97 Å². The molecule has 0 bridgehead atoms. The summed E-state index contributed by atoms with van der Waals surface area (Å²) < 4.78 is 0. The molecular weight excluding hydrogens is 276 g/mol. The summed E-state index contributed by atoms with van der Waals surface area (Å²) in [5.74, 6) is 0.746. The van der Waals surface area contributed by atoms with E-state index in [2.05, 4.69) is 31.0 Å². The number of piperidine rings is 1. The molecule has 2 atom stereocenters. The molecule has 2 N–H and O–H groups in total. The standard InChI is InChI=1S/C18H34N2O2/c1-18(2,3)9-15-8-16(12-20(11-15)13-17(21)22)19-10-14-6-4-5-7-14/h14-16,19H,4-13H2,1-3H3,(H,21,22). The number of aliphatic carboxylic acids is 1. The van der Waals surface area contributed by atoms with Crippen LogP contribution in [0.1, 0.15) is 59.3 Å². The maximum Gasteiger partial charge on any atom is 0.317 e. The van der Waals surface area contributed by atoms with Crippen LogP contribution in [0.2, 0.25) is 0 Å². The second kappa shape index (κ2) is 7.78. The first-order valence-corrected chi connectivity index (χ1v) is 8.99. The van der Waals surface area contributed by atoms with Gasteiger partial charge in [0.15, 0.2) is 0 Å². The summed E-state index contributed by atoms with van der Waals surface area (Å²) in [6.07, 6.45) is 7.86. The number of nitrogens with one attached hydrogen (secondary N) is 1. The van der Waals surface area contributed by atoms with Crippen LogP contribution in [0, 0.1) is 17.3 Å². The Morgan fingerprint density at radius 1 is 1.18 bits per heavy atom. The zero-order valence-electron chi connectivity index (χ0n) is 14.6. The van der Waals surface area contributed by atoms with Crippen LogP contribution in [-0.4, -0.2) is 48.2 Å². The highest BCUT2D eigenvalue weighted by atomic mass is 16.4. The molecule has 4 heteroatoms. The molecule has 1 saturated heterocycles. The second-order valence-corrected chi connectivity index (χ2v) is 8.71. The first-order chi connectivity index (χ1) is 10.3. The molecule has 1 aliphatic heterocycles. The van der Waals surface area contributed by atoms with Gasteiger partial charge in [0.1, 0.15) is 0 Å². The third-order valence-electron chi connectivity index (χ3n) is 5.04. The Bertz CT molecular complexity index is 359. The van der Waals surface area contributed by atoms with Crippen molar-refractivity contribution in [1.82, 2.24) is 10.2 Å². The normalized spacial score (nSPS) is 28.1. The molecule has 1 saturated carbocycles. The van der Waals surface area contributed by atoms with Crippen molar-refractivity contribution in [2.45, 2.75) is 65.3 Å². The molecule has 0 radical (unpaired) electrons. The van der Waals surface area contributed by atoms with Crippen LogP contribution in [0.25, 0.3) is 0 Å². The predicted molar refractivity (Wildman–Crippen MR) is 90.0 cm³/mol. The van der Waals surface area contributed by atoms with Gasteiger partial charge in [-0.15, -0.1) is 0 Å². The number of nitrogens with zero attached hydrogens (tertiary/aromatic N) is 1. The van der Waals surface area contributed by atoms with Gasteiger partial charge in [0.05, 0.1) is 6.54 Å². The van der Waals surface area contributed by atoms with Crippen molar-refractivity contribution in [1.29, 1.82) is 0 Å². The Morgan fingerprint density at radius 2 is 1.86 bits per heavy atom. The third kappa shape index (κ3) is 6.25. The van der Waals surface area contributed by atoms with Crippen molar-refractivity contribution < 1.29 is 9.90 Å². The summed E-state index contributed by atoms with van der Waals surface area (Å²) in [6.45, 7) is 9.97. The number of carboxylic acids is 1. The van der Waals surface area contributed by atoms with Gasteiger partial charge in [-0.1, -0.05) is 33.6 Å². The maximum absolute atomic E-state index is 11.1. The Morgan fingerprint density at radius 3 is 2.45 bits per heavy atom. The van der Waals surface area contributed by atoms with Gasteiger partial charge in [0.25, 0.3) is 0 Å². The fourth-order valence-electron chi connectivity index (χ4n) is 4.33. The SMILES string of the molecule is CC(C)(C)CC1CC(NCC2CCCC2)CN(CC(=O)O)C1. The third-order valence-corrected chi connectivity index (χ3v) is 5.04. The van der Waals surface area contributed by atoms with Gasteiger partial charge in [-0.3, -0.25) is 9.69 Å². The number of rotatable bonds is 6. The van der Waals surface area contributed by atoms with Crippen molar-refractivity contribution in [3.63, 3.8) is 0 Å². The number of carboxylic acid groups (broad SMARTS) is 1. The van der Waals surface area contributed by atoms with E-state index in [4.69, 9.17) is 5.11 Å². The monoisotopic (exact) mass is 310 g/mol. The summed E-state index contributed by atoms with van der Waals surface area (Å²) >= 11 is 0. The molecule has 128 valence electrons. The summed E-state index contributed by atoms with van der Waals surface area (Å²) in [5.41, 5.74) is 0.312. The molecule has 0 amide bonds. The Hall–Kier alpha value is -0.610. The molecule has 0 aromatic heterocycles. The highest BCUT2D eigenvalue weighted by molar-refractivity contribution is 5.69. The van der Waals surface area contributed by atoms with E-state index in [0.717, 1.165) is 25.6 Å². The van der Waals surface area contributed by atoms with Gasteiger partial charge in [0.2, 0.25) is 0 Å². The molecular formula is C18H34N2O2. The average Bonchev–Trinajstić information content (AvgIpc) is 2.86. The zero-order valence-corrected chi connectivity index (χ0v) is 14.6. The lowest BCUT2D eigenvalue weighted by Gasteiger charge is -2.40. The Kier molecular flexibility index (Phi) is 6.27. The van der Waals surface area contributed by atoms with Crippen LogP contribution < -0.4 is 5.32 Å². The fraction of sp³-hybridized carbons (Fsp3) is 0.944. The van der Waals surface area contributed by atoms with Crippen LogP contribution in [-0.2, 0) is 4.79 Å². The molecule has 2 fully saturated rings. The molecule has 1 heterocycles. The smallest absolute Gasteiger partial charge is 0.317 e. The van der Waals surface area contributed by atoms with Gasteiger partial charge in [-0.2, -0.15) is 0 Å². The van der Waals surface area contributed by atoms with E-state index < -0.39 is 5.97 Å². The summed E-state index contributed by atoms with van der Waals surface area (Å²) in [5, 5.41) is 12.9. The van der Waals surface area contributed by atoms with Crippen LogP contribution in [0.4, 0.5) is 0 Å². The van der Waals surface area contributed by atoms with E-state index >= 15 is 0 Å². The Labute approximate surface area is 135 Å².